The van der Waals surface area contributed by atoms with Gasteiger partial charge in [0.15, 0.2) is 15.3 Å². The number of hydrogen-bond donors (Lipinski definition) is 0. The van der Waals surface area contributed by atoms with E-state index in [0.29, 0.717) is 0 Å². The first-order chi connectivity index (χ1) is 12.4. The molecule has 5 nitrogen and oxygen atoms in total. The second-order valence-electron chi connectivity index (χ2n) is 6.01. The van der Waals surface area contributed by atoms with Crippen molar-refractivity contribution in [1.82, 2.24) is 0 Å². The minimum atomic E-state index is -4.00. The predicted molar refractivity (Wildman–Crippen MR) is 91.2 cm³/mol. The Morgan fingerprint density at radius 2 is 1.92 bits per heavy atom. The van der Waals surface area contributed by atoms with E-state index >= 15 is 0 Å². The van der Waals surface area contributed by atoms with Gasteiger partial charge < -0.3 is 4.74 Å². The van der Waals surface area contributed by atoms with Crippen LogP contribution in [-0.2, 0) is 19.4 Å². The molecule has 3 atom stereocenters. The molecule has 134 valence electrons. The minimum absolute atomic E-state index is 0.00725. The van der Waals surface area contributed by atoms with E-state index < -0.39 is 38.2 Å². The number of sulfone groups is 1. The van der Waals surface area contributed by atoms with Gasteiger partial charge in [-0.2, -0.15) is 5.26 Å². The lowest BCUT2D eigenvalue weighted by Gasteiger charge is -2.09. The van der Waals surface area contributed by atoms with Crippen molar-refractivity contribution in [1.29, 1.82) is 5.26 Å². The van der Waals surface area contributed by atoms with E-state index in [1.165, 1.54) is 30.3 Å². The fourth-order valence-corrected chi connectivity index (χ4v) is 5.61. The lowest BCUT2D eigenvalue weighted by atomic mass is 10.0. The lowest BCUT2D eigenvalue weighted by molar-refractivity contribution is -0.147. The van der Waals surface area contributed by atoms with E-state index in [2.05, 4.69) is 0 Å². The van der Waals surface area contributed by atoms with Crippen LogP contribution in [-0.4, -0.2) is 26.2 Å². The molecule has 0 saturated heterocycles. The van der Waals surface area contributed by atoms with Crippen LogP contribution in [0, 0.1) is 22.6 Å². The summed E-state index contributed by atoms with van der Waals surface area (Å²) < 4.78 is 44.8. The smallest absolute Gasteiger partial charge is 0.328 e. The minimum Gasteiger partial charge on any atom is -0.465 e. The van der Waals surface area contributed by atoms with Gasteiger partial charge in [-0.1, -0.05) is 30.3 Å². The molecule has 0 bridgehead atoms. The topological polar surface area (TPSA) is 84.2 Å². The van der Waals surface area contributed by atoms with Gasteiger partial charge in [0.2, 0.25) is 0 Å². The van der Waals surface area contributed by atoms with Crippen LogP contribution in [0.15, 0.2) is 59.5 Å². The van der Waals surface area contributed by atoms with Gasteiger partial charge in [0.25, 0.3) is 0 Å². The zero-order valence-electron chi connectivity index (χ0n) is 13.9. The third-order valence-corrected chi connectivity index (χ3v) is 6.79. The SMILES string of the molecule is CCOC(=O)[C@]1(C#N)[C@@H](c2cccc(F)c2)[C@@H]1S(=O)(=O)c1ccccc1. The summed E-state index contributed by atoms with van der Waals surface area (Å²) in [7, 11) is -4.00. The van der Waals surface area contributed by atoms with Crippen LogP contribution in [0.4, 0.5) is 4.39 Å². The van der Waals surface area contributed by atoms with Crippen LogP contribution in [0.1, 0.15) is 18.4 Å². The standard InChI is InChI=1S/C19H16FNO4S/c1-2-25-18(22)19(12-21)16(13-7-6-8-14(20)11-13)17(19)26(23,24)15-9-4-3-5-10-15/h3-11,16-17H,2H2,1H3/t16-,17-,19+/m0/s1. The fourth-order valence-electron chi connectivity index (χ4n) is 3.35. The molecule has 3 rings (SSSR count). The largest absolute Gasteiger partial charge is 0.465 e. The highest BCUT2D eigenvalue weighted by atomic mass is 32.2. The number of esters is 1. The molecule has 1 aliphatic carbocycles. The van der Waals surface area contributed by atoms with Crippen molar-refractivity contribution >= 4 is 15.8 Å². The average Bonchev–Trinajstić information content (AvgIpc) is 3.34. The molecule has 0 spiro atoms. The molecule has 2 aromatic carbocycles. The molecule has 1 aliphatic rings. The van der Waals surface area contributed by atoms with Gasteiger partial charge in [-0.15, -0.1) is 0 Å². The fraction of sp³-hybridized carbons (Fsp3) is 0.263. The van der Waals surface area contributed by atoms with Crippen LogP contribution in [0.25, 0.3) is 0 Å². The first kappa shape index (κ1) is 18.1. The molecule has 0 radical (unpaired) electrons. The summed E-state index contributed by atoms with van der Waals surface area (Å²) in [6.45, 7) is 1.58. The Morgan fingerprint density at radius 3 is 2.50 bits per heavy atom. The van der Waals surface area contributed by atoms with Gasteiger partial charge in [0, 0.05) is 5.92 Å². The monoisotopic (exact) mass is 373 g/mol. The summed E-state index contributed by atoms with van der Waals surface area (Å²) in [5, 5.41) is 8.40. The van der Waals surface area contributed by atoms with Crippen molar-refractivity contribution in [2.75, 3.05) is 6.61 Å². The van der Waals surface area contributed by atoms with E-state index in [0.717, 1.165) is 6.07 Å². The van der Waals surface area contributed by atoms with Gasteiger partial charge in [-0.3, -0.25) is 4.79 Å². The van der Waals surface area contributed by atoms with Gasteiger partial charge in [-0.05, 0) is 36.8 Å². The number of hydrogen-bond acceptors (Lipinski definition) is 5. The number of benzene rings is 2. The maximum Gasteiger partial charge on any atom is 0.328 e. The third-order valence-electron chi connectivity index (χ3n) is 4.55. The Morgan fingerprint density at radius 1 is 1.23 bits per heavy atom. The number of halogens is 1. The summed E-state index contributed by atoms with van der Waals surface area (Å²) in [4.78, 5) is 12.5. The van der Waals surface area contributed by atoms with Crippen LogP contribution >= 0.6 is 0 Å². The number of nitriles is 1. The van der Waals surface area contributed by atoms with Crippen molar-refractivity contribution < 1.29 is 22.3 Å². The van der Waals surface area contributed by atoms with Gasteiger partial charge in [0.05, 0.1) is 17.6 Å². The molecule has 0 heterocycles. The van der Waals surface area contributed by atoms with E-state index in [9.17, 15) is 22.9 Å². The number of carbonyl (C=O) groups is 1. The Balaban J connectivity index is 2.15. The Bertz CT molecular complexity index is 984. The normalized spacial score (nSPS) is 24.5. The molecule has 0 aliphatic heterocycles. The predicted octanol–water partition coefficient (Wildman–Crippen LogP) is 2.84. The molecule has 1 saturated carbocycles. The summed E-state index contributed by atoms with van der Waals surface area (Å²) in [5.74, 6) is -2.46. The quantitative estimate of drug-likeness (QED) is 0.753. The summed E-state index contributed by atoms with van der Waals surface area (Å²) in [6.07, 6.45) is 0. The van der Waals surface area contributed by atoms with Crippen molar-refractivity contribution in [3.63, 3.8) is 0 Å². The molecule has 0 unspecified atom stereocenters. The molecular formula is C19H16FNO4S. The molecule has 1 fully saturated rings. The van der Waals surface area contributed by atoms with Crippen molar-refractivity contribution in [2.24, 2.45) is 5.41 Å². The van der Waals surface area contributed by atoms with Crippen molar-refractivity contribution in [2.45, 2.75) is 23.0 Å². The van der Waals surface area contributed by atoms with E-state index in [1.54, 1.807) is 25.1 Å². The Kier molecular flexibility index (Phi) is 4.55. The van der Waals surface area contributed by atoms with E-state index in [-0.39, 0.29) is 17.1 Å². The maximum atomic E-state index is 13.7. The first-order valence-corrected chi connectivity index (χ1v) is 9.57. The maximum absolute atomic E-state index is 13.7. The number of carbonyl (C=O) groups excluding carboxylic acids is 1. The molecule has 7 heteroatoms. The second kappa shape index (κ2) is 6.54. The third kappa shape index (κ3) is 2.67. The highest BCUT2D eigenvalue weighted by Gasteiger charge is 2.77. The van der Waals surface area contributed by atoms with Crippen LogP contribution in [0.2, 0.25) is 0 Å². The summed E-state index contributed by atoms with van der Waals surface area (Å²) >= 11 is 0. The number of ether oxygens (including phenoxy) is 1. The van der Waals surface area contributed by atoms with E-state index in [1.807, 2.05) is 6.07 Å². The molecule has 26 heavy (non-hydrogen) atoms. The van der Waals surface area contributed by atoms with Crippen LogP contribution < -0.4 is 0 Å². The zero-order chi connectivity index (χ0) is 18.9. The van der Waals surface area contributed by atoms with Crippen molar-refractivity contribution in [3.05, 3.63) is 66.0 Å². The Hall–Kier alpha value is -2.72. The summed E-state index contributed by atoms with van der Waals surface area (Å²) in [6, 6.07) is 14.7. The van der Waals surface area contributed by atoms with Gasteiger partial charge in [0.1, 0.15) is 11.1 Å². The average molecular weight is 373 g/mol. The van der Waals surface area contributed by atoms with Crippen molar-refractivity contribution in [3.8, 4) is 6.07 Å². The molecule has 0 aromatic heterocycles. The van der Waals surface area contributed by atoms with Crippen LogP contribution in [0.3, 0.4) is 0 Å². The number of nitrogens with zero attached hydrogens (tertiary/aromatic N) is 1. The molecule has 0 amide bonds. The highest BCUT2D eigenvalue weighted by Crippen LogP contribution is 2.64. The Labute approximate surface area is 150 Å². The number of rotatable bonds is 5. The molecular weight excluding hydrogens is 357 g/mol. The highest BCUT2D eigenvalue weighted by molar-refractivity contribution is 7.92. The van der Waals surface area contributed by atoms with Crippen LogP contribution in [0.5, 0.6) is 0 Å². The zero-order valence-corrected chi connectivity index (χ0v) is 14.7. The van der Waals surface area contributed by atoms with E-state index in [4.69, 9.17) is 4.74 Å². The first-order valence-electron chi connectivity index (χ1n) is 8.02. The van der Waals surface area contributed by atoms with Gasteiger partial charge >= 0.3 is 5.97 Å². The summed E-state index contributed by atoms with van der Waals surface area (Å²) in [5.41, 5.74) is -1.61. The lowest BCUT2D eigenvalue weighted by Crippen LogP contribution is -2.25. The molecule has 2 aromatic rings. The van der Waals surface area contributed by atoms with Gasteiger partial charge in [-0.25, -0.2) is 12.8 Å². The second-order valence-corrected chi connectivity index (χ2v) is 8.08. The molecule has 0 N–H and O–H groups in total.